The second-order valence-electron chi connectivity index (χ2n) is 9.02. The zero-order valence-electron chi connectivity index (χ0n) is 19.3. The van der Waals surface area contributed by atoms with Gasteiger partial charge >= 0.3 is 0 Å². The van der Waals surface area contributed by atoms with Gasteiger partial charge in [0.05, 0.1) is 11.7 Å². The van der Waals surface area contributed by atoms with Crippen molar-refractivity contribution >= 4 is 36.5 Å². The van der Waals surface area contributed by atoms with E-state index in [1.807, 2.05) is 0 Å². The zero-order chi connectivity index (χ0) is 19.9. The van der Waals surface area contributed by atoms with E-state index >= 15 is 0 Å². The Morgan fingerprint density at radius 2 is 0.700 bits per heavy atom. The molecule has 4 nitrogen and oxygen atoms in total. The molecule has 178 valence electrons. The zero-order valence-corrected chi connectivity index (χ0v) is 20.9. The molecule has 0 radical (unpaired) electrons. The average molecular weight is 464 g/mol. The molecular weight excluding hydrogens is 415 g/mol. The van der Waals surface area contributed by atoms with Crippen LogP contribution in [0.5, 0.6) is 0 Å². The van der Waals surface area contributed by atoms with Gasteiger partial charge in [-0.3, -0.25) is 10.8 Å². The number of hydrogen-bond donors (Lipinski definition) is 2. The molecule has 0 aromatic rings. The summed E-state index contributed by atoms with van der Waals surface area (Å²) in [6, 6.07) is 0. The first-order valence-corrected chi connectivity index (χ1v) is 12.4. The molecule has 0 bridgehead atoms. The minimum Gasteiger partial charge on any atom is -0.361 e. The lowest BCUT2D eigenvalue weighted by Crippen LogP contribution is -2.34. The van der Waals surface area contributed by atoms with Gasteiger partial charge < -0.3 is 9.80 Å². The maximum Gasteiger partial charge on any atom is 0.0957 e. The fourth-order valence-corrected chi connectivity index (χ4v) is 4.64. The lowest BCUT2D eigenvalue weighted by atomic mass is 10.0. The van der Waals surface area contributed by atoms with E-state index in [0.29, 0.717) is 0 Å². The molecular formula is C24H48Cl2N4. The molecule has 0 unspecified atom stereocenters. The lowest BCUT2D eigenvalue weighted by molar-refractivity contribution is 0.333. The number of nitrogens with zero attached hydrogens (tertiary/aromatic N) is 2. The summed E-state index contributed by atoms with van der Waals surface area (Å²) in [6.07, 6.45) is 23.0. The van der Waals surface area contributed by atoms with Crippen LogP contribution >= 0.6 is 24.8 Å². The number of unbranched alkanes of at least 4 members (excludes halogenated alkanes) is 9. The van der Waals surface area contributed by atoms with E-state index in [-0.39, 0.29) is 24.8 Å². The smallest absolute Gasteiger partial charge is 0.0957 e. The van der Waals surface area contributed by atoms with Crippen LogP contribution < -0.4 is 0 Å². The second kappa shape index (κ2) is 19.2. The van der Waals surface area contributed by atoms with Crippen LogP contribution in [0.3, 0.4) is 0 Å². The highest BCUT2D eigenvalue weighted by molar-refractivity contribution is 5.85. The van der Waals surface area contributed by atoms with E-state index in [2.05, 4.69) is 9.80 Å². The van der Waals surface area contributed by atoms with Crippen molar-refractivity contribution in [3.63, 3.8) is 0 Å². The number of piperidine rings is 2. The third-order valence-corrected chi connectivity index (χ3v) is 6.55. The predicted octanol–water partition coefficient (Wildman–Crippen LogP) is 7.44. The van der Waals surface area contributed by atoms with Gasteiger partial charge in [0.25, 0.3) is 0 Å². The minimum atomic E-state index is 0. The lowest BCUT2D eigenvalue weighted by Gasteiger charge is -2.29. The van der Waals surface area contributed by atoms with Gasteiger partial charge in [-0.05, 0) is 51.4 Å². The third-order valence-electron chi connectivity index (χ3n) is 6.55. The Morgan fingerprint density at radius 1 is 0.433 bits per heavy atom. The van der Waals surface area contributed by atoms with Gasteiger partial charge in [-0.2, -0.15) is 0 Å². The first kappa shape index (κ1) is 29.5. The number of likely N-dealkylation sites (tertiary alicyclic amines) is 2. The Hall–Kier alpha value is -0.480. The summed E-state index contributed by atoms with van der Waals surface area (Å²) in [6.45, 7) is 4.49. The van der Waals surface area contributed by atoms with Gasteiger partial charge in [0.15, 0.2) is 0 Å². The Labute approximate surface area is 198 Å². The molecule has 2 aliphatic rings. The van der Waals surface area contributed by atoms with E-state index in [4.69, 9.17) is 10.8 Å². The normalized spacial score (nSPS) is 16.5. The molecule has 0 aromatic heterocycles. The summed E-state index contributed by atoms with van der Waals surface area (Å²) in [5.41, 5.74) is 0. The van der Waals surface area contributed by atoms with Gasteiger partial charge in [-0.1, -0.05) is 51.4 Å². The Bertz CT molecular complexity index is 393. The molecule has 0 aromatic carbocycles. The Balaban J connectivity index is 0.00000420. The first-order chi connectivity index (χ1) is 13.8. The molecule has 6 heteroatoms. The predicted molar refractivity (Wildman–Crippen MR) is 136 cm³/mol. The van der Waals surface area contributed by atoms with Crippen LogP contribution in [0.2, 0.25) is 0 Å². The van der Waals surface area contributed by atoms with Crippen LogP contribution in [-0.2, 0) is 0 Å². The highest BCUT2D eigenvalue weighted by Crippen LogP contribution is 2.16. The number of nitrogens with one attached hydrogen (secondary N) is 2. The maximum atomic E-state index is 8.20. The molecule has 2 N–H and O–H groups in total. The standard InChI is InChI=1S/C24H46N4.2ClH/c25-23(27-19-13-9-14-20-27)17-11-7-5-3-1-2-4-6-8-12-18-24(26)28-21-15-10-16-22-28;;/h25-26H,1-22H2;2*1H. The number of hydrogen-bond acceptors (Lipinski definition) is 2. The molecule has 2 saturated heterocycles. The molecule has 2 rings (SSSR count). The number of amidine groups is 2. The molecule has 2 heterocycles. The molecule has 2 aliphatic heterocycles. The van der Waals surface area contributed by atoms with E-state index in [1.165, 1.54) is 103 Å². The molecule has 2 fully saturated rings. The van der Waals surface area contributed by atoms with E-state index in [1.54, 1.807) is 0 Å². The fourth-order valence-electron chi connectivity index (χ4n) is 4.64. The van der Waals surface area contributed by atoms with Crippen LogP contribution in [0.4, 0.5) is 0 Å². The first-order valence-electron chi connectivity index (χ1n) is 12.4. The fraction of sp³-hybridized carbons (Fsp3) is 0.917. The van der Waals surface area contributed by atoms with Crippen LogP contribution in [0.25, 0.3) is 0 Å². The van der Waals surface area contributed by atoms with Crippen molar-refractivity contribution in [2.24, 2.45) is 0 Å². The van der Waals surface area contributed by atoms with Gasteiger partial charge in [0.1, 0.15) is 0 Å². The van der Waals surface area contributed by atoms with Crippen molar-refractivity contribution in [1.29, 1.82) is 10.8 Å². The highest BCUT2D eigenvalue weighted by Gasteiger charge is 2.13. The summed E-state index contributed by atoms with van der Waals surface area (Å²) in [4.78, 5) is 4.61. The molecule has 0 spiro atoms. The summed E-state index contributed by atoms with van der Waals surface area (Å²) in [5.74, 6) is 1.79. The van der Waals surface area contributed by atoms with Crippen LogP contribution in [0.15, 0.2) is 0 Å². The number of halogens is 2. The summed E-state index contributed by atoms with van der Waals surface area (Å²) >= 11 is 0. The van der Waals surface area contributed by atoms with E-state index in [0.717, 1.165) is 50.7 Å². The van der Waals surface area contributed by atoms with Crippen LogP contribution in [0, 0.1) is 10.8 Å². The largest absolute Gasteiger partial charge is 0.361 e. The van der Waals surface area contributed by atoms with Gasteiger partial charge in [-0.25, -0.2) is 0 Å². The highest BCUT2D eigenvalue weighted by atomic mass is 35.5. The van der Waals surface area contributed by atoms with Crippen molar-refractivity contribution < 1.29 is 0 Å². The molecule has 0 saturated carbocycles. The topological polar surface area (TPSA) is 54.2 Å². The number of rotatable bonds is 13. The van der Waals surface area contributed by atoms with Gasteiger partial charge in [0.2, 0.25) is 0 Å². The Kier molecular flexibility index (Phi) is 18.9. The summed E-state index contributed by atoms with van der Waals surface area (Å²) in [7, 11) is 0. The minimum absolute atomic E-state index is 0. The maximum absolute atomic E-state index is 8.20. The van der Waals surface area contributed by atoms with Crippen molar-refractivity contribution in [2.45, 2.75) is 116 Å². The monoisotopic (exact) mass is 462 g/mol. The van der Waals surface area contributed by atoms with Crippen LogP contribution in [-0.4, -0.2) is 47.7 Å². The molecule has 30 heavy (non-hydrogen) atoms. The van der Waals surface area contributed by atoms with E-state index < -0.39 is 0 Å². The van der Waals surface area contributed by atoms with Gasteiger partial charge in [0, 0.05) is 39.0 Å². The SMILES string of the molecule is Cl.Cl.N=C(CCCCCCCCCCCCC(=N)N1CCCCC1)N1CCCCC1. The van der Waals surface area contributed by atoms with E-state index in [9.17, 15) is 0 Å². The van der Waals surface area contributed by atoms with Crippen molar-refractivity contribution in [3.05, 3.63) is 0 Å². The van der Waals surface area contributed by atoms with Crippen molar-refractivity contribution in [3.8, 4) is 0 Å². The second-order valence-corrected chi connectivity index (χ2v) is 9.02. The molecule has 0 amide bonds. The molecule has 0 aliphatic carbocycles. The van der Waals surface area contributed by atoms with Crippen LogP contribution in [0.1, 0.15) is 116 Å². The van der Waals surface area contributed by atoms with Gasteiger partial charge in [-0.15, -0.1) is 24.8 Å². The summed E-state index contributed by atoms with van der Waals surface area (Å²) < 4.78 is 0. The van der Waals surface area contributed by atoms with Crippen molar-refractivity contribution in [1.82, 2.24) is 9.80 Å². The average Bonchev–Trinajstić information content (AvgIpc) is 2.75. The third kappa shape index (κ3) is 13.0. The molecule has 0 atom stereocenters. The van der Waals surface area contributed by atoms with Crippen molar-refractivity contribution in [2.75, 3.05) is 26.2 Å². The summed E-state index contributed by atoms with van der Waals surface area (Å²) in [5, 5.41) is 16.4. The Morgan fingerprint density at radius 3 is 1.00 bits per heavy atom. The quantitative estimate of drug-likeness (QED) is 0.169.